The molecule has 1 atom stereocenters. The Hall–Kier alpha value is -2.96. The third kappa shape index (κ3) is 7.51. The van der Waals surface area contributed by atoms with Gasteiger partial charge in [-0.3, -0.25) is 4.31 Å². The van der Waals surface area contributed by atoms with Crippen molar-refractivity contribution < 1.29 is 22.3 Å². The summed E-state index contributed by atoms with van der Waals surface area (Å²) in [4.78, 5) is 13.3. The van der Waals surface area contributed by atoms with Crippen LogP contribution < -0.4 is 9.62 Å². The maximum atomic E-state index is 14.7. The lowest BCUT2D eigenvalue weighted by Crippen LogP contribution is -2.43. The van der Waals surface area contributed by atoms with E-state index in [9.17, 15) is 17.6 Å². The Morgan fingerprint density at radius 1 is 1.20 bits per heavy atom. The van der Waals surface area contributed by atoms with Gasteiger partial charge in [-0.2, -0.15) is 4.80 Å². The number of amides is 1. The molecule has 0 aliphatic heterocycles. The second-order valence-electron chi connectivity index (χ2n) is 7.11. The molecule has 1 amide bonds. The minimum Gasteiger partial charge on any atom is -0.447 e. The summed E-state index contributed by atoms with van der Waals surface area (Å²) in [7, 11) is -4.26. The molecule has 14 heteroatoms. The fraction of sp³-hybridized carbons (Fsp3) is 0.333. The summed E-state index contributed by atoms with van der Waals surface area (Å²) in [6.45, 7) is 1.84. The summed E-state index contributed by atoms with van der Waals surface area (Å²) in [6, 6.07) is 8.00. The molecule has 2 aromatic carbocycles. The number of sulfonamides is 1. The number of anilines is 1. The van der Waals surface area contributed by atoms with Gasteiger partial charge in [-0.25, -0.2) is 17.6 Å². The maximum Gasteiger partial charge on any atom is 0.407 e. The second-order valence-corrected chi connectivity index (χ2v) is 9.80. The molecular weight excluding hydrogens is 522 g/mol. The Morgan fingerprint density at radius 3 is 2.54 bits per heavy atom. The van der Waals surface area contributed by atoms with Crippen LogP contribution in [0.4, 0.5) is 14.9 Å². The summed E-state index contributed by atoms with van der Waals surface area (Å²) in [5, 5.41) is 14.2. The van der Waals surface area contributed by atoms with Crippen LogP contribution in [-0.4, -0.2) is 53.9 Å². The number of nitrogens with one attached hydrogen (secondary N) is 1. The number of aromatic nitrogens is 4. The first-order chi connectivity index (χ1) is 16.2. The van der Waals surface area contributed by atoms with Crippen molar-refractivity contribution in [2.24, 2.45) is 0 Å². The van der Waals surface area contributed by atoms with Gasteiger partial charge in [-0.1, -0.05) is 30.6 Å². The fourth-order valence-corrected chi connectivity index (χ4v) is 4.93. The number of rotatable bonds is 10. The molecule has 190 valence electrons. The van der Waals surface area contributed by atoms with Crippen molar-refractivity contribution in [1.29, 1.82) is 0 Å². The van der Waals surface area contributed by atoms with E-state index in [0.717, 1.165) is 10.4 Å². The molecule has 35 heavy (non-hydrogen) atoms. The normalized spacial score (nSPS) is 11.9. The number of tetrazole rings is 1. The highest BCUT2D eigenvalue weighted by Gasteiger charge is 2.32. The van der Waals surface area contributed by atoms with E-state index in [0.29, 0.717) is 18.0 Å². The first-order valence-corrected chi connectivity index (χ1v) is 12.2. The molecule has 0 aliphatic carbocycles. The van der Waals surface area contributed by atoms with E-state index in [2.05, 4.69) is 20.7 Å². The fourth-order valence-electron chi connectivity index (χ4n) is 3.00. The lowest BCUT2D eigenvalue weighted by atomic mass is 10.2. The number of carbonyl (C=O) groups excluding carboxylic acids is 1. The van der Waals surface area contributed by atoms with Crippen LogP contribution in [0.25, 0.3) is 0 Å². The average molecular weight is 547 g/mol. The summed E-state index contributed by atoms with van der Waals surface area (Å²) in [6.07, 6.45) is 1.07. The van der Waals surface area contributed by atoms with Crippen molar-refractivity contribution in [2.45, 2.75) is 38.3 Å². The Kier molecular flexibility index (Phi) is 10.2. The van der Waals surface area contributed by atoms with Crippen molar-refractivity contribution in [1.82, 2.24) is 25.5 Å². The number of benzene rings is 2. The molecule has 0 bridgehead atoms. The number of aryl methyl sites for hydroxylation is 1. The number of hydrogen-bond acceptors (Lipinski definition) is 7. The van der Waals surface area contributed by atoms with Crippen molar-refractivity contribution >= 4 is 45.0 Å². The number of carbonyl (C=O) groups is 1. The molecule has 1 aromatic heterocycles. The topological polar surface area (TPSA) is 119 Å². The zero-order chi connectivity index (χ0) is 24.7. The number of halogens is 3. The quantitative estimate of drug-likeness (QED) is 0.379. The smallest absolute Gasteiger partial charge is 0.407 e. The van der Waals surface area contributed by atoms with Crippen molar-refractivity contribution in [3.8, 4) is 0 Å². The van der Waals surface area contributed by atoms with Gasteiger partial charge < -0.3 is 10.1 Å². The molecule has 3 aromatic rings. The molecule has 0 fully saturated rings. The van der Waals surface area contributed by atoms with Crippen LogP contribution in [0, 0.1) is 5.82 Å². The standard InChI is InChI=1S/C20H21Cl2FN6O4S.CH4/c1-14(12-33-20(30)24-9-2-10-28-26-13-25-27-28)29(19-11-16(22)5-8-18(19)23)34(31,32)17-6-3-15(21)4-7-17;/h3-8,11,13-14H,2,9-10,12H2,1H3,(H,24,30);1H4/t14-;/m1./s1. The minimum atomic E-state index is -4.26. The third-order valence-corrected chi connectivity index (χ3v) is 7.00. The summed E-state index contributed by atoms with van der Waals surface area (Å²) >= 11 is 11.9. The first kappa shape index (κ1) is 28.3. The predicted molar refractivity (Wildman–Crippen MR) is 131 cm³/mol. The van der Waals surface area contributed by atoms with E-state index in [1.54, 1.807) is 0 Å². The first-order valence-electron chi connectivity index (χ1n) is 10.0. The van der Waals surface area contributed by atoms with Crippen LogP contribution in [0.2, 0.25) is 10.0 Å². The minimum absolute atomic E-state index is 0. The lowest BCUT2D eigenvalue weighted by Gasteiger charge is -2.30. The molecule has 0 unspecified atom stereocenters. The SMILES string of the molecule is C.C[C@H](COC(=O)NCCCn1ncnn1)N(c1cc(Cl)ccc1F)S(=O)(=O)c1ccc(Cl)cc1. The molecule has 0 saturated carbocycles. The van der Waals surface area contributed by atoms with Gasteiger partial charge in [0.05, 0.1) is 23.2 Å². The number of hydrogen-bond donors (Lipinski definition) is 1. The Balaban J connectivity index is 0.00000432. The molecule has 0 aliphatic rings. The van der Waals surface area contributed by atoms with Crippen LogP contribution in [0.5, 0.6) is 0 Å². The Morgan fingerprint density at radius 2 is 1.89 bits per heavy atom. The van der Waals surface area contributed by atoms with E-state index < -0.39 is 28.0 Å². The number of nitrogens with zero attached hydrogens (tertiary/aromatic N) is 5. The summed E-state index contributed by atoms with van der Waals surface area (Å²) < 4.78 is 47.5. The number of ether oxygens (including phenoxy) is 1. The van der Waals surface area contributed by atoms with Crippen LogP contribution in [0.3, 0.4) is 0 Å². The molecule has 10 nitrogen and oxygen atoms in total. The van der Waals surface area contributed by atoms with E-state index in [1.807, 2.05) is 0 Å². The van der Waals surface area contributed by atoms with Gasteiger partial charge in [0.15, 0.2) is 6.33 Å². The molecule has 3 rings (SSSR count). The summed E-state index contributed by atoms with van der Waals surface area (Å²) in [5.74, 6) is -0.806. The average Bonchev–Trinajstić information content (AvgIpc) is 3.31. The van der Waals surface area contributed by atoms with Crippen LogP contribution in [0.1, 0.15) is 20.8 Å². The zero-order valence-electron chi connectivity index (χ0n) is 17.9. The van der Waals surface area contributed by atoms with Gasteiger partial charge in [-0.15, -0.1) is 10.2 Å². The highest BCUT2D eigenvalue weighted by Crippen LogP contribution is 2.31. The Labute approximate surface area is 213 Å². The largest absolute Gasteiger partial charge is 0.447 e. The number of alkyl carbamates (subject to hydrolysis) is 1. The van der Waals surface area contributed by atoms with Crippen molar-refractivity contribution in [3.05, 3.63) is 64.7 Å². The molecule has 0 saturated heterocycles. The van der Waals surface area contributed by atoms with E-state index in [-0.39, 0.29) is 36.2 Å². The monoisotopic (exact) mass is 546 g/mol. The lowest BCUT2D eigenvalue weighted by molar-refractivity contribution is 0.141. The molecule has 0 spiro atoms. The molecule has 1 N–H and O–H groups in total. The van der Waals surface area contributed by atoms with Crippen LogP contribution in [-0.2, 0) is 21.3 Å². The van der Waals surface area contributed by atoms with Gasteiger partial charge in [0.2, 0.25) is 0 Å². The van der Waals surface area contributed by atoms with Gasteiger partial charge in [-0.05, 0) is 61.0 Å². The molecule has 1 heterocycles. The van der Waals surface area contributed by atoms with E-state index >= 15 is 0 Å². The second kappa shape index (κ2) is 12.7. The Bertz CT molecular complexity index is 1210. The third-order valence-electron chi connectivity index (χ3n) is 4.57. The van der Waals surface area contributed by atoms with Crippen molar-refractivity contribution in [3.63, 3.8) is 0 Å². The molecule has 0 radical (unpaired) electrons. The van der Waals surface area contributed by atoms with E-state index in [4.69, 9.17) is 27.9 Å². The predicted octanol–water partition coefficient (Wildman–Crippen LogP) is 4.16. The zero-order valence-corrected chi connectivity index (χ0v) is 20.3. The maximum absolute atomic E-state index is 14.7. The summed E-state index contributed by atoms with van der Waals surface area (Å²) in [5.41, 5.74) is -0.278. The van der Waals surface area contributed by atoms with Crippen molar-refractivity contribution in [2.75, 3.05) is 17.5 Å². The highest BCUT2D eigenvalue weighted by molar-refractivity contribution is 7.92. The van der Waals surface area contributed by atoms with Crippen LogP contribution >= 0.6 is 23.2 Å². The van der Waals surface area contributed by atoms with Gasteiger partial charge in [0, 0.05) is 16.6 Å². The highest BCUT2D eigenvalue weighted by atomic mass is 35.5. The van der Waals surface area contributed by atoms with Gasteiger partial charge >= 0.3 is 6.09 Å². The molecular formula is C21H25Cl2FN6O4S. The van der Waals surface area contributed by atoms with Gasteiger partial charge in [0.25, 0.3) is 10.0 Å². The van der Waals surface area contributed by atoms with Crippen LogP contribution in [0.15, 0.2) is 53.7 Å². The van der Waals surface area contributed by atoms with Gasteiger partial charge in [0.1, 0.15) is 12.4 Å². The van der Waals surface area contributed by atoms with E-state index in [1.165, 1.54) is 54.4 Å².